The van der Waals surface area contributed by atoms with Crippen LogP contribution >= 0.6 is 0 Å². The van der Waals surface area contributed by atoms with Crippen LogP contribution in [-0.2, 0) is 17.3 Å². The maximum absolute atomic E-state index is 2.59. The fraction of sp³-hybridized carbons (Fsp3) is 0.0847. The van der Waals surface area contributed by atoms with Crippen LogP contribution in [0.15, 0.2) is 231 Å². The molecule has 2 unspecified atom stereocenters. The molecule has 2 aliphatic rings. The molecule has 2 atom stereocenters. The van der Waals surface area contributed by atoms with E-state index in [2.05, 4.69) is 235 Å². The molecule has 0 aliphatic heterocycles. The van der Waals surface area contributed by atoms with E-state index in [9.17, 15) is 0 Å². The highest BCUT2D eigenvalue weighted by atomic mass is 15.0. The van der Waals surface area contributed by atoms with E-state index in [0.717, 1.165) is 12.8 Å². The Morgan fingerprint density at radius 2 is 0.950 bits per heavy atom. The Morgan fingerprint density at radius 3 is 1.60 bits per heavy atom. The third-order valence-corrected chi connectivity index (χ3v) is 13.8. The summed E-state index contributed by atoms with van der Waals surface area (Å²) in [6.07, 6.45) is 2.07. The van der Waals surface area contributed by atoms with E-state index in [0.29, 0.717) is 5.92 Å². The van der Waals surface area contributed by atoms with Crippen molar-refractivity contribution in [3.63, 3.8) is 0 Å². The van der Waals surface area contributed by atoms with E-state index in [-0.39, 0.29) is 5.41 Å². The number of benzene rings is 9. The number of fused-ring (bicyclic) bond motifs is 6. The van der Waals surface area contributed by atoms with Crippen molar-refractivity contribution in [1.82, 2.24) is 4.57 Å². The van der Waals surface area contributed by atoms with E-state index in [1.54, 1.807) is 0 Å². The quantitative estimate of drug-likeness (QED) is 0.145. The monoisotopic (exact) mass is 765 g/mol. The lowest BCUT2D eigenvalue weighted by molar-refractivity contribution is 0.658. The highest BCUT2D eigenvalue weighted by Gasteiger charge is 2.56. The summed E-state index contributed by atoms with van der Waals surface area (Å²) < 4.78 is 2.42. The van der Waals surface area contributed by atoms with Crippen molar-refractivity contribution < 1.29 is 0 Å². The van der Waals surface area contributed by atoms with Gasteiger partial charge in [-0.1, -0.05) is 206 Å². The third kappa shape index (κ3) is 5.25. The normalized spacial score (nSPS) is 17.4. The van der Waals surface area contributed by atoms with Gasteiger partial charge in [0.1, 0.15) is 0 Å². The Hall–Kier alpha value is -7.22. The molecule has 1 heterocycles. The van der Waals surface area contributed by atoms with Gasteiger partial charge in [0.25, 0.3) is 0 Å². The molecule has 10 aromatic rings. The molecule has 12 rings (SSSR count). The maximum atomic E-state index is 2.59. The molecular weight excluding hydrogens is 723 g/mol. The first-order valence-corrected chi connectivity index (χ1v) is 21.3. The molecule has 0 saturated heterocycles. The lowest BCUT2D eigenvalue weighted by Crippen LogP contribution is -2.28. The first-order valence-electron chi connectivity index (χ1n) is 21.3. The van der Waals surface area contributed by atoms with E-state index in [1.165, 1.54) is 88.7 Å². The van der Waals surface area contributed by atoms with E-state index < -0.39 is 5.41 Å². The van der Waals surface area contributed by atoms with Crippen LogP contribution in [0, 0.1) is 0 Å². The second-order valence-electron chi connectivity index (χ2n) is 16.9. The zero-order chi connectivity index (χ0) is 39.7. The lowest BCUT2D eigenvalue weighted by atomic mass is 9.67. The SMILES string of the molecule is c1ccc(-c2ccc(C3(Cc4ccc(-n5c6ccccc6c6ccccc65)cc4)CC3c3ccc4c(c3)C(c3ccccc3)(c3ccccc3)c3ccccc3-4)cc2)cc1. The summed E-state index contributed by atoms with van der Waals surface area (Å²) >= 11 is 0. The summed E-state index contributed by atoms with van der Waals surface area (Å²) in [5.41, 5.74) is 18.0. The molecule has 0 spiro atoms. The average molecular weight is 766 g/mol. The van der Waals surface area contributed by atoms with Crippen molar-refractivity contribution in [2.75, 3.05) is 0 Å². The molecule has 1 aromatic heterocycles. The van der Waals surface area contributed by atoms with Gasteiger partial charge in [-0.15, -0.1) is 0 Å². The molecule has 1 fully saturated rings. The van der Waals surface area contributed by atoms with Crippen LogP contribution in [0.3, 0.4) is 0 Å². The standard InChI is InChI=1S/C59H43N/c1-4-16-42(17-5-1)43-30-33-45(34-31-43)58(39-41-28-35-48(36-29-41)60-56-26-14-11-23-51(56)52-24-12-15-27-57(52)60)40-55(58)44-32-37-50-49-22-10-13-25-53(49)59(54(50)38-44,46-18-6-2-7-19-46)47-20-8-3-9-21-47/h1-38,55H,39-40H2. The topological polar surface area (TPSA) is 4.93 Å². The Bertz CT molecular complexity index is 3080. The zero-order valence-electron chi connectivity index (χ0n) is 33.4. The van der Waals surface area contributed by atoms with Crippen molar-refractivity contribution in [2.45, 2.75) is 29.6 Å². The predicted octanol–water partition coefficient (Wildman–Crippen LogP) is 14.5. The zero-order valence-corrected chi connectivity index (χ0v) is 33.4. The van der Waals surface area contributed by atoms with Gasteiger partial charge in [0.2, 0.25) is 0 Å². The molecule has 0 radical (unpaired) electrons. The van der Waals surface area contributed by atoms with Crippen LogP contribution in [-0.4, -0.2) is 4.57 Å². The first kappa shape index (κ1) is 34.8. The van der Waals surface area contributed by atoms with Gasteiger partial charge in [-0.3, -0.25) is 0 Å². The molecule has 1 saturated carbocycles. The van der Waals surface area contributed by atoms with Crippen molar-refractivity contribution in [2.24, 2.45) is 0 Å². The molecule has 60 heavy (non-hydrogen) atoms. The number of rotatable bonds is 8. The number of hydrogen-bond acceptors (Lipinski definition) is 0. The Morgan fingerprint density at radius 1 is 0.417 bits per heavy atom. The molecule has 1 heteroatoms. The van der Waals surface area contributed by atoms with Gasteiger partial charge in [0.05, 0.1) is 16.4 Å². The van der Waals surface area contributed by atoms with Gasteiger partial charge in [0.15, 0.2) is 0 Å². The van der Waals surface area contributed by atoms with E-state index in [1.807, 2.05) is 0 Å². The Balaban J connectivity index is 0.979. The fourth-order valence-corrected chi connectivity index (χ4v) is 11.0. The van der Waals surface area contributed by atoms with E-state index in [4.69, 9.17) is 0 Å². The fourth-order valence-electron chi connectivity index (χ4n) is 11.0. The molecular formula is C59H43N. The van der Waals surface area contributed by atoms with Crippen LogP contribution in [0.5, 0.6) is 0 Å². The van der Waals surface area contributed by atoms with Crippen molar-refractivity contribution in [3.8, 4) is 27.9 Å². The van der Waals surface area contributed by atoms with E-state index >= 15 is 0 Å². The summed E-state index contributed by atoms with van der Waals surface area (Å²) in [5, 5.41) is 2.58. The molecule has 1 nitrogen and oxygen atoms in total. The molecule has 284 valence electrons. The van der Waals surface area contributed by atoms with Gasteiger partial charge in [-0.2, -0.15) is 0 Å². The molecule has 0 N–H and O–H groups in total. The second-order valence-corrected chi connectivity index (χ2v) is 16.9. The van der Waals surface area contributed by atoms with Gasteiger partial charge in [0, 0.05) is 21.9 Å². The minimum atomic E-state index is -0.415. The summed E-state index contributed by atoms with van der Waals surface area (Å²) in [7, 11) is 0. The highest BCUT2D eigenvalue weighted by Crippen LogP contribution is 2.64. The number of nitrogens with zero attached hydrogens (tertiary/aromatic N) is 1. The van der Waals surface area contributed by atoms with Crippen LogP contribution in [0.4, 0.5) is 0 Å². The summed E-state index contributed by atoms with van der Waals surface area (Å²) in [6.45, 7) is 0. The van der Waals surface area contributed by atoms with Gasteiger partial charge in [-0.05, 0) is 104 Å². The molecule has 9 aromatic carbocycles. The lowest BCUT2D eigenvalue weighted by Gasteiger charge is -2.34. The van der Waals surface area contributed by atoms with Gasteiger partial charge < -0.3 is 4.57 Å². The van der Waals surface area contributed by atoms with Crippen LogP contribution in [0.25, 0.3) is 49.7 Å². The maximum Gasteiger partial charge on any atom is 0.0713 e. The Labute approximate surface area is 351 Å². The number of hydrogen-bond donors (Lipinski definition) is 0. The second kappa shape index (κ2) is 13.7. The summed E-state index contributed by atoms with van der Waals surface area (Å²) in [5.74, 6) is 0.371. The van der Waals surface area contributed by atoms with Gasteiger partial charge >= 0.3 is 0 Å². The van der Waals surface area contributed by atoms with Crippen molar-refractivity contribution >= 4 is 21.8 Å². The van der Waals surface area contributed by atoms with Crippen LogP contribution in [0.2, 0.25) is 0 Å². The van der Waals surface area contributed by atoms with Gasteiger partial charge in [-0.25, -0.2) is 0 Å². The highest BCUT2D eigenvalue weighted by molar-refractivity contribution is 6.09. The first-order chi connectivity index (χ1) is 29.7. The van der Waals surface area contributed by atoms with Crippen molar-refractivity contribution in [1.29, 1.82) is 0 Å². The van der Waals surface area contributed by atoms with Crippen LogP contribution in [0.1, 0.15) is 51.3 Å². The Kier molecular flexibility index (Phi) is 7.93. The largest absolute Gasteiger partial charge is 0.309 e. The summed E-state index contributed by atoms with van der Waals surface area (Å²) in [4.78, 5) is 0. The summed E-state index contributed by atoms with van der Waals surface area (Å²) in [6, 6.07) is 86.1. The minimum Gasteiger partial charge on any atom is -0.309 e. The molecule has 0 amide bonds. The number of para-hydroxylation sites is 2. The third-order valence-electron chi connectivity index (χ3n) is 13.8. The van der Waals surface area contributed by atoms with Crippen LogP contribution < -0.4 is 0 Å². The molecule has 2 aliphatic carbocycles. The smallest absolute Gasteiger partial charge is 0.0713 e. The van der Waals surface area contributed by atoms with Crippen molar-refractivity contribution in [3.05, 3.63) is 269 Å². The minimum absolute atomic E-state index is 0.0363. The molecule has 0 bridgehead atoms. The predicted molar refractivity (Wildman–Crippen MR) is 249 cm³/mol. The average Bonchev–Trinajstić information content (AvgIpc) is 3.85. The number of aromatic nitrogens is 1.